The minimum Gasteiger partial charge on any atom is -0.462 e. The average Bonchev–Trinajstić information content (AvgIpc) is 3.10. The molecule has 0 bridgehead atoms. The van der Waals surface area contributed by atoms with Gasteiger partial charge in [0.2, 0.25) is 5.78 Å². The van der Waals surface area contributed by atoms with Crippen LogP contribution < -0.4 is 0 Å². The summed E-state index contributed by atoms with van der Waals surface area (Å²) in [6, 6.07) is 17.4. The van der Waals surface area contributed by atoms with Crippen LogP contribution in [-0.2, 0) is 11.3 Å². The highest BCUT2D eigenvalue weighted by Crippen LogP contribution is 2.42. The molecule has 1 heterocycles. The number of esters is 1. The molecule has 3 aromatic rings. The van der Waals surface area contributed by atoms with E-state index < -0.39 is 0 Å². The van der Waals surface area contributed by atoms with Crippen molar-refractivity contribution >= 4 is 11.8 Å². The molecule has 0 atom stereocenters. The van der Waals surface area contributed by atoms with E-state index in [-0.39, 0.29) is 11.8 Å². The van der Waals surface area contributed by atoms with Crippen LogP contribution in [0.4, 0.5) is 0 Å². The number of benzene rings is 2. The molecule has 2 aromatic carbocycles. The molecule has 4 heteroatoms. The van der Waals surface area contributed by atoms with Crippen molar-refractivity contribution in [1.29, 1.82) is 0 Å². The van der Waals surface area contributed by atoms with E-state index in [1.54, 1.807) is 6.92 Å². The van der Waals surface area contributed by atoms with E-state index in [1.807, 2.05) is 66.1 Å². The number of ketones is 1. The van der Waals surface area contributed by atoms with Crippen LogP contribution in [0.1, 0.15) is 44.6 Å². The highest BCUT2D eigenvalue weighted by molar-refractivity contribution is 6.24. The van der Waals surface area contributed by atoms with Gasteiger partial charge in [0.25, 0.3) is 0 Å². The van der Waals surface area contributed by atoms with Gasteiger partial charge in [0, 0.05) is 23.4 Å². The first-order valence-corrected chi connectivity index (χ1v) is 8.71. The van der Waals surface area contributed by atoms with Crippen LogP contribution >= 0.6 is 0 Å². The fraction of sp³-hybridized carbons (Fsp3) is 0.182. The van der Waals surface area contributed by atoms with E-state index in [9.17, 15) is 9.59 Å². The van der Waals surface area contributed by atoms with Crippen molar-refractivity contribution in [3.8, 4) is 11.1 Å². The average molecular weight is 345 g/mol. The summed E-state index contributed by atoms with van der Waals surface area (Å²) < 4.78 is 7.23. The molecule has 0 unspecified atom stereocenters. The number of rotatable bonds is 4. The Morgan fingerprint density at radius 1 is 1.00 bits per heavy atom. The van der Waals surface area contributed by atoms with Gasteiger partial charge in [-0.15, -0.1) is 0 Å². The van der Waals surface area contributed by atoms with Crippen LogP contribution in [0, 0.1) is 6.92 Å². The number of hydrogen-bond acceptors (Lipinski definition) is 3. The van der Waals surface area contributed by atoms with Gasteiger partial charge < -0.3 is 9.30 Å². The number of fused-ring (bicyclic) bond motifs is 3. The molecule has 4 rings (SSSR count). The molecule has 130 valence electrons. The topological polar surface area (TPSA) is 48.3 Å². The summed E-state index contributed by atoms with van der Waals surface area (Å²) in [6.45, 7) is 4.50. The number of ether oxygens (including phenoxy) is 1. The van der Waals surface area contributed by atoms with E-state index in [2.05, 4.69) is 0 Å². The summed E-state index contributed by atoms with van der Waals surface area (Å²) in [6.07, 6.45) is 0. The van der Waals surface area contributed by atoms with Gasteiger partial charge in [-0.1, -0.05) is 54.6 Å². The maximum Gasteiger partial charge on any atom is 0.340 e. The minimum atomic E-state index is -0.377. The van der Waals surface area contributed by atoms with E-state index in [0.29, 0.717) is 35.5 Å². The van der Waals surface area contributed by atoms with Crippen molar-refractivity contribution in [2.45, 2.75) is 20.4 Å². The van der Waals surface area contributed by atoms with E-state index >= 15 is 0 Å². The van der Waals surface area contributed by atoms with Crippen LogP contribution in [-0.4, -0.2) is 22.9 Å². The summed E-state index contributed by atoms with van der Waals surface area (Å²) >= 11 is 0. The van der Waals surface area contributed by atoms with Gasteiger partial charge in [0.15, 0.2) is 0 Å². The second-order valence-electron chi connectivity index (χ2n) is 6.35. The first-order chi connectivity index (χ1) is 12.6. The van der Waals surface area contributed by atoms with Crippen LogP contribution in [0.3, 0.4) is 0 Å². The van der Waals surface area contributed by atoms with Crippen molar-refractivity contribution in [3.63, 3.8) is 0 Å². The minimum absolute atomic E-state index is 0.0369. The van der Waals surface area contributed by atoms with Crippen molar-refractivity contribution in [2.24, 2.45) is 0 Å². The Balaban J connectivity index is 1.95. The molecule has 1 aliphatic carbocycles. The Morgan fingerprint density at radius 2 is 1.65 bits per heavy atom. The number of aromatic nitrogens is 1. The maximum atomic E-state index is 13.1. The molecule has 1 aromatic heterocycles. The van der Waals surface area contributed by atoms with Crippen LogP contribution in [0.15, 0.2) is 54.6 Å². The molecule has 26 heavy (non-hydrogen) atoms. The second-order valence-corrected chi connectivity index (χ2v) is 6.35. The van der Waals surface area contributed by atoms with Gasteiger partial charge in [-0.25, -0.2) is 4.79 Å². The third-order valence-electron chi connectivity index (χ3n) is 4.84. The summed E-state index contributed by atoms with van der Waals surface area (Å²) in [5.74, 6) is -0.414. The van der Waals surface area contributed by atoms with Crippen molar-refractivity contribution in [2.75, 3.05) is 6.61 Å². The van der Waals surface area contributed by atoms with Gasteiger partial charge in [-0.3, -0.25) is 4.79 Å². The second kappa shape index (κ2) is 6.30. The fourth-order valence-corrected chi connectivity index (χ4v) is 3.68. The zero-order chi connectivity index (χ0) is 18.3. The number of nitrogens with zero attached hydrogens (tertiary/aromatic N) is 1. The Morgan fingerprint density at radius 3 is 2.35 bits per heavy atom. The normalized spacial score (nSPS) is 12.0. The summed E-state index contributed by atoms with van der Waals surface area (Å²) in [7, 11) is 0. The zero-order valence-corrected chi connectivity index (χ0v) is 14.8. The highest BCUT2D eigenvalue weighted by Gasteiger charge is 2.37. The van der Waals surface area contributed by atoms with E-state index in [0.717, 1.165) is 16.8 Å². The Hall–Kier alpha value is -3.14. The van der Waals surface area contributed by atoms with Gasteiger partial charge in [-0.05, 0) is 25.0 Å². The molecule has 0 amide bonds. The van der Waals surface area contributed by atoms with Crippen LogP contribution in [0.25, 0.3) is 11.1 Å². The van der Waals surface area contributed by atoms with Crippen LogP contribution in [0.2, 0.25) is 0 Å². The number of carbonyl (C=O) groups is 2. The Kier molecular flexibility index (Phi) is 3.96. The first kappa shape index (κ1) is 16.3. The Bertz CT molecular complexity index is 1020. The first-order valence-electron chi connectivity index (χ1n) is 8.71. The summed E-state index contributed by atoms with van der Waals surface area (Å²) in [5.41, 5.74) is 5.08. The van der Waals surface area contributed by atoms with Gasteiger partial charge >= 0.3 is 5.97 Å². The van der Waals surface area contributed by atoms with Crippen molar-refractivity contribution < 1.29 is 14.3 Å². The molecule has 4 nitrogen and oxygen atoms in total. The molecule has 0 saturated carbocycles. The third kappa shape index (κ3) is 2.37. The lowest BCUT2D eigenvalue weighted by atomic mass is 10.0. The standard InChI is InChI=1S/C22H19NO3/c1-3-26-22(25)18-14(2)23(13-15-9-5-4-6-10-15)20-19(18)16-11-7-8-12-17(16)21(20)24/h4-12H,3,13H2,1-2H3. The lowest BCUT2D eigenvalue weighted by Gasteiger charge is -2.11. The van der Waals surface area contributed by atoms with E-state index in [1.165, 1.54) is 0 Å². The third-order valence-corrected chi connectivity index (χ3v) is 4.84. The van der Waals surface area contributed by atoms with Crippen LogP contribution in [0.5, 0.6) is 0 Å². The summed E-state index contributed by atoms with van der Waals surface area (Å²) in [4.78, 5) is 25.7. The fourth-order valence-electron chi connectivity index (χ4n) is 3.68. The number of carbonyl (C=O) groups excluding carboxylic acids is 2. The summed E-state index contributed by atoms with van der Waals surface area (Å²) in [5, 5.41) is 0. The molecule has 0 radical (unpaired) electrons. The maximum absolute atomic E-state index is 13.1. The molecule has 1 aliphatic rings. The molecule has 0 aliphatic heterocycles. The molecule has 0 fully saturated rings. The predicted octanol–water partition coefficient (Wildman–Crippen LogP) is 4.23. The smallest absolute Gasteiger partial charge is 0.340 e. The largest absolute Gasteiger partial charge is 0.462 e. The molecule has 0 N–H and O–H groups in total. The molecular formula is C22H19NO3. The van der Waals surface area contributed by atoms with Crippen molar-refractivity contribution in [1.82, 2.24) is 4.57 Å². The zero-order valence-electron chi connectivity index (χ0n) is 14.8. The lowest BCUT2D eigenvalue weighted by Crippen LogP contribution is -2.12. The SMILES string of the molecule is CCOC(=O)c1c2c(n(Cc3ccccc3)c1C)C(=O)c1ccccc1-2. The van der Waals surface area contributed by atoms with E-state index in [4.69, 9.17) is 4.74 Å². The highest BCUT2D eigenvalue weighted by atomic mass is 16.5. The predicted molar refractivity (Wildman–Crippen MR) is 99.5 cm³/mol. The molecular weight excluding hydrogens is 326 g/mol. The molecule has 0 spiro atoms. The van der Waals surface area contributed by atoms with Gasteiger partial charge in [-0.2, -0.15) is 0 Å². The van der Waals surface area contributed by atoms with Gasteiger partial charge in [0.1, 0.15) is 0 Å². The lowest BCUT2D eigenvalue weighted by molar-refractivity contribution is 0.0526. The van der Waals surface area contributed by atoms with Crippen molar-refractivity contribution in [3.05, 3.63) is 82.7 Å². The Labute approximate surface area is 152 Å². The monoisotopic (exact) mass is 345 g/mol. The molecule has 0 saturated heterocycles. The number of hydrogen-bond donors (Lipinski definition) is 0. The quantitative estimate of drug-likeness (QED) is 0.520. The van der Waals surface area contributed by atoms with Gasteiger partial charge in [0.05, 0.1) is 17.9 Å².